The molecule has 0 heteroatoms. The molecular formula is C21H48. The predicted octanol–water partition coefficient (Wildman–Crippen LogP) is 8.64. The zero-order valence-electron chi connectivity index (χ0n) is 16.9. The third kappa shape index (κ3) is 22.4. The van der Waals surface area contributed by atoms with E-state index in [0.29, 0.717) is 0 Å². The summed E-state index contributed by atoms with van der Waals surface area (Å²) in [6.45, 7) is 16.0. The van der Waals surface area contributed by atoms with Crippen molar-refractivity contribution < 1.29 is 0 Å². The molecule has 0 aromatic carbocycles. The molecular weight excluding hydrogens is 252 g/mol. The molecule has 0 N–H and O–H groups in total. The molecule has 0 aromatic heterocycles. The minimum absolute atomic E-state index is 1.23. The van der Waals surface area contributed by atoms with Gasteiger partial charge in [0.25, 0.3) is 0 Å². The quantitative estimate of drug-likeness (QED) is 0.420. The third-order valence-electron chi connectivity index (χ3n) is 3.58. The van der Waals surface area contributed by atoms with Crippen LogP contribution in [0.3, 0.4) is 0 Å². The molecule has 2 atom stereocenters. The second-order valence-corrected chi connectivity index (χ2v) is 5.16. The Hall–Kier alpha value is 0. The summed E-state index contributed by atoms with van der Waals surface area (Å²) in [5.74, 6) is 2.46. The van der Waals surface area contributed by atoms with E-state index in [-0.39, 0.29) is 0 Å². The van der Waals surface area contributed by atoms with E-state index in [4.69, 9.17) is 0 Å². The van der Waals surface area contributed by atoms with Crippen LogP contribution < -0.4 is 0 Å². The molecule has 4 saturated carbocycles. The fourth-order valence-electron chi connectivity index (χ4n) is 2.07. The fourth-order valence-corrected chi connectivity index (χ4v) is 2.07. The Bertz CT molecular complexity index is 111. The second-order valence-electron chi connectivity index (χ2n) is 5.16. The molecule has 0 aliphatic heterocycles. The van der Waals surface area contributed by atoms with Gasteiger partial charge in [0.2, 0.25) is 0 Å². The minimum Gasteiger partial charge on any atom is -0.0683 e. The Balaban J connectivity index is -0.000000192. The van der Waals surface area contributed by atoms with Crippen LogP contribution >= 0.6 is 0 Å². The summed E-state index contributed by atoms with van der Waals surface area (Å²) in [5.41, 5.74) is 0. The molecule has 0 spiro atoms. The SMILES string of the molecule is C1CC1.C1CC2CC12.C1CCCC1.CC.CC.CC.CC. The van der Waals surface area contributed by atoms with Crippen LogP contribution in [0.25, 0.3) is 0 Å². The van der Waals surface area contributed by atoms with Crippen LogP contribution in [0.15, 0.2) is 0 Å². The molecule has 4 aliphatic rings. The van der Waals surface area contributed by atoms with E-state index < -0.39 is 0 Å². The van der Waals surface area contributed by atoms with Crippen molar-refractivity contribution in [1.29, 1.82) is 0 Å². The summed E-state index contributed by atoms with van der Waals surface area (Å²) < 4.78 is 0. The number of hydrogen-bond donors (Lipinski definition) is 0. The van der Waals surface area contributed by atoms with Crippen molar-refractivity contribution in [3.05, 3.63) is 0 Å². The lowest BCUT2D eigenvalue weighted by atomic mass is 10.0. The molecule has 0 amide bonds. The van der Waals surface area contributed by atoms with E-state index in [9.17, 15) is 0 Å². The van der Waals surface area contributed by atoms with E-state index >= 15 is 0 Å². The van der Waals surface area contributed by atoms with Gasteiger partial charge in [0.15, 0.2) is 0 Å². The molecule has 4 aliphatic carbocycles. The summed E-state index contributed by atoms with van der Waals surface area (Å²) in [6, 6.07) is 0. The van der Waals surface area contributed by atoms with E-state index in [1.807, 2.05) is 55.4 Å². The van der Waals surface area contributed by atoms with E-state index in [1.54, 1.807) is 19.3 Å². The molecule has 2 unspecified atom stereocenters. The lowest BCUT2D eigenvalue weighted by Crippen LogP contribution is -1.93. The maximum absolute atomic E-state index is 2.00. The standard InChI is InChI=1S/C5H8.C5H10.C3H6.4C2H6/c1-2-5-3-4(1)5;1-2-4-5-3-1;1-2-3-1;4*1-2/h4-5H,1-3H2;1-5H2;1-3H2;4*1-2H3. The normalized spacial score (nSPS) is 24.0. The zero-order valence-corrected chi connectivity index (χ0v) is 16.9. The minimum atomic E-state index is 1.23. The summed E-state index contributed by atoms with van der Waals surface area (Å²) in [5, 5.41) is 0. The van der Waals surface area contributed by atoms with Crippen LogP contribution in [-0.4, -0.2) is 0 Å². The molecule has 0 aromatic rings. The van der Waals surface area contributed by atoms with Gasteiger partial charge in [-0.15, -0.1) is 0 Å². The number of rotatable bonds is 0. The van der Waals surface area contributed by atoms with E-state index in [1.165, 1.54) is 63.2 Å². The first-order valence-electron chi connectivity index (χ1n) is 10.5. The Morgan fingerprint density at radius 1 is 0.381 bits per heavy atom. The van der Waals surface area contributed by atoms with E-state index in [0.717, 1.165) is 0 Å². The Morgan fingerprint density at radius 2 is 0.571 bits per heavy atom. The van der Waals surface area contributed by atoms with Crippen molar-refractivity contribution >= 4 is 0 Å². The average Bonchev–Trinajstić information content (AvgIpc) is 3.49. The highest BCUT2D eigenvalue weighted by molar-refractivity contribution is 4.95. The van der Waals surface area contributed by atoms with Crippen LogP contribution in [0.4, 0.5) is 0 Å². The molecule has 132 valence electrons. The van der Waals surface area contributed by atoms with Crippen LogP contribution in [0.1, 0.15) is 126 Å². The molecule has 0 radical (unpaired) electrons. The molecule has 0 bridgehead atoms. The number of hydrogen-bond acceptors (Lipinski definition) is 0. The highest BCUT2D eigenvalue weighted by Gasteiger charge is 2.44. The van der Waals surface area contributed by atoms with Gasteiger partial charge in [-0.2, -0.15) is 0 Å². The van der Waals surface area contributed by atoms with Gasteiger partial charge in [0, 0.05) is 0 Å². The first-order valence-corrected chi connectivity index (χ1v) is 10.5. The predicted molar refractivity (Wildman–Crippen MR) is 103 cm³/mol. The Kier molecular flexibility index (Phi) is 30.8. The molecule has 4 rings (SSSR count). The first kappa shape index (κ1) is 25.9. The van der Waals surface area contributed by atoms with Gasteiger partial charge < -0.3 is 0 Å². The van der Waals surface area contributed by atoms with Gasteiger partial charge >= 0.3 is 0 Å². The van der Waals surface area contributed by atoms with Crippen molar-refractivity contribution in [3.8, 4) is 0 Å². The smallest absolute Gasteiger partial charge is 0.0383 e. The maximum atomic E-state index is 2.00. The van der Waals surface area contributed by atoms with Crippen molar-refractivity contribution in [2.45, 2.75) is 126 Å². The molecule has 0 nitrogen and oxygen atoms in total. The van der Waals surface area contributed by atoms with Crippen LogP contribution in [0, 0.1) is 11.8 Å². The van der Waals surface area contributed by atoms with Crippen molar-refractivity contribution in [1.82, 2.24) is 0 Å². The molecule has 0 heterocycles. The van der Waals surface area contributed by atoms with Crippen LogP contribution in [-0.2, 0) is 0 Å². The lowest BCUT2D eigenvalue weighted by Gasteiger charge is -2.04. The van der Waals surface area contributed by atoms with Gasteiger partial charge in [-0.3, -0.25) is 0 Å². The van der Waals surface area contributed by atoms with Gasteiger partial charge in [0.05, 0.1) is 0 Å². The molecule has 21 heavy (non-hydrogen) atoms. The van der Waals surface area contributed by atoms with Crippen molar-refractivity contribution in [2.24, 2.45) is 11.8 Å². The topological polar surface area (TPSA) is 0 Å². The van der Waals surface area contributed by atoms with Gasteiger partial charge in [-0.05, 0) is 31.1 Å². The van der Waals surface area contributed by atoms with Crippen molar-refractivity contribution in [3.63, 3.8) is 0 Å². The van der Waals surface area contributed by atoms with Gasteiger partial charge in [0.1, 0.15) is 0 Å². The third-order valence-corrected chi connectivity index (χ3v) is 3.58. The summed E-state index contributed by atoms with van der Waals surface area (Å²) >= 11 is 0. The van der Waals surface area contributed by atoms with Crippen LogP contribution in [0.5, 0.6) is 0 Å². The summed E-state index contributed by atoms with van der Waals surface area (Å²) in [4.78, 5) is 0. The first-order chi connectivity index (χ1) is 10.5. The summed E-state index contributed by atoms with van der Waals surface area (Å²) in [7, 11) is 0. The van der Waals surface area contributed by atoms with Gasteiger partial charge in [-0.1, -0.05) is 107 Å². The highest BCUT2D eigenvalue weighted by Crippen LogP contribution is 2.55. The molecule has 4 fully saturated rings. The fraction of sp³-hybridized carbons (Fsp3) is 1.00. The van der Waals surface area contributed by atoms with Crippen molar-refractivity contribution in [2.75, 3.05) is 0 Å². The molecule has 0 saturated heterocycles. The lowest BCUT2D eigenvalue weighted by molar-refractivity contribution is 0.468. The maximum Gasteiger partial charge on any atom is -0.0383 e. The second kappa shape index (κ2) is 25.0. The zero-order chi connectivity index (χ0) is 16.9. The van der Waals surface area contributed by atoms with E-state index in [2.05, 4.69) is 0 Å². The monoisotopic (exact) mass is 300 g/mol. The summed E-state index contributed by atoms with van der Waals surface area (Å²) in [6.07, 6.45) is 16.7. The Labute approximate surface area is 138 Å². The largest absolute Gasteiger partial charge is 0.0683 e. The average molecular weight is 301 g/mol. The number of fused-ring (bicyclic) bond motifs is 1. The van der Waals surface area contributed by atoms with Crippen LogP contribution in [0.2, 0.25) is 0 Å². The van der Waals surface area contributed by atoms with Gasteiger partial charge in [-0.25, -0.2) is 0 Å². The Morgan fingerprint density at radius 3 is 0.619 bits per heavy atom. The highest BCUT2D eigenvalue weighted by atomic mass is 14.5.